The highest BCUT2D eigenvalue weighted by molar-refractivity contribution is 7.99. The summed E-state index contributed by atoms with van der Waals surface area (Å²) in [6, 6.07) is 0. The Morgan fingerprint density at radius 2 is 1.44 bits per heavy atom. The zero-order valence-corrected chi connectivity index (χ0v) is 13.0. The zero-order valence-electron chi connectivity index (χ0n) is 12.2. The molecule has 108 valence electrons. The molecule has 0 aromatic rings. The van der Waals surface area contributed by atoms with E-state index in [0.29, 0.717) is 6.61 Å². The van der Waals surface area contributed by atoms with Crippen molar-refractivity contribution in [3.8, 4) is 0 Å². The SMILES string of the molecule is CCCCCCCCCCCSCCOC(C)=O. The number of ether oxygens (including phenoxy) is 1. The minimum Gasteiger partial charge on any atom is -0.465 e. The molecule has 0 aromatic heterocycles. The molecule has 0 aliphatic rings. The van der Waals surface area contributed by atoms with Crippen LogP contribution in [0.5, 0.6) is 0 Å². The van der Waals surface area contributed by atoms with Crippen molar-refractivity contribution in [3.05, 3.63) is 0 Å². The van der Waals surface area contributed by atoms with Crippen LogP contribution in [0.3, 0.4) is 0 Å². The predicted molar refractivity (Wildman–Crippen MR) is 81.2 cm³/mol. The second-order valence-electron chi connectivity index (χ2n) is 4.78. The second-order valence-corrected chi connectivity index (χ2v) is 6.01. The normalized spacial score (nSPS) is 10.6. The van der Waals surface area contributed by atoms with Gasteiger partial charge in [-0.3, -0.25) is 4.79 Å². The minimum atomic E-state index is -0.168. The van der Waals surface area contributed by atoms with Gasteiger partial charge in [0.2, 0.25) is 0 Å². The van der Waals surface area contributed by atoms with E-state index in [0.717, 1.165) is 5.75 Å². The third kappa shape index (κ3) is 15.8. The number of hydrogen-bond acceptors (Lipinski definition) is 3. The lowest BCUT2D eigenvalue weighted by Crippen LogP contribution is -2.02. The summed E-state index contributed by atoms with van der Waals surface area (Å²) >= 11 is 1.89. The van der Waals surface area contributed by atoms with Crippen LogP contribution >= 0.6 is 11.8 Å². The van der Waals surface area contributed by atoms with E-state index < -0.39 is 0 Å². The summed E-state index contributed by atoms with van der Waals surface area (Å²) in [5.74, 6) is 1.98. The lowest BCUT2D eigenvalue weighted by atomic mass is 10.1. The van der Waals surface area contributed by atoms with Crippen molar-refractivity contribution >= 4 is 17.7 Å². The van der Waals surface area contributed by atoms with E-state index in [9.17, 15) is 4.79 Å². The Labute approximate surface area is 117 Å². The van der Waals surface area contributed by atoms with E-state index in [-0.39, 0.29) is 5.97 Å². The van der Waals surface area contributed by atoms with Gasteiger partial charge < -0.3 is 4.74 Å². The van der Waals surface area contributed by atoms with Gasteiger partial charge in [0.25, 0.3) is 0 Å². The van der Waals surface area contributed by atoms with Gasteiger partial charge in [0.05, 0.1) is 0 Å². The van der Waals surface area contributed by atoms with E-state index in [1.54, 1.807) is 0 Å². The van der Waals surface area contributed by atoms with Crippen LogP contribution in [0.1, 0.15) is 71.6 Å². The fraction of sp³-hybridized carbons (Fsp3) is 0.933. The van der Waals surface area contributed by atoms with Gasteiger partial charge in [-0.05, 0) is 12.2 Å². The largest absolute Gasteiger partial charge is 0.465 e. The summed E-state index contributed by atoms with van der Waals surface area (Å²) in [5, 5.41) is 0. The number of unbranched alkanes of at least 4 members (excludes halogenated alkanes) is 8. The molecule has 0 unspecified atom stereocenters. The fourth-order valence-corrected chi connectivity index (χ4v) is 2.67. The molecule has 0 aromatic carbocycles. The molecule has 0 radical (unpaired) electrons. The summed E-state index contributed by atoms with van der Waals surface area (Å²) in [6.07, 6.45) is 12.4. The van der Waals surface area contributed by atoms with E-state index >= 15 is 0 Å². The lowest BCUT2D eigenvalue weighted by Gasteiger charge is -2.03. The van der Waals surface area contributed by atoms with Crippen LogP contribution in [0, 0.1) is 0 Å². The topological polar surface area (TPSA) is 26.3 Å². The molecular weight excluding hydrogens is 244 g/mol. The first-order chi connectivity index (χ1) is 8.77. The first-order valence-corrected chi connectivity index (χ1v) is 8.64. The highest BCUT2D eigenvalue weighted by Gasteiger charge is 1.95. The molecule has 0 fully saturated rings. The quantitative estimate of drug-likeness (QED) is 0.356. The molecule has 0 atom stereocenters. The predicted octanol–water partition coefficient (Wildman–Crippen LogP) is 4.81. The smallest absolute Gasteiger partial charge is 0.302 e. The second kappa shape index (κ2) is 14.9. The molecule has 0 saturated heterocycles. The van der Waals surface area contributed by atoms with E-state index in [1.807, 2.05) is 11.8 Å². The van der Waals surface area contributed by atoms with Crippen LogP contribution in [-0.2, 0) is 9.53 Å². The maximum absolute atomic E-state index is 10.5. The molecule has 0 N–H and O–H groups in total. The summed E-state index contributed by atoms with van der Waals surface area (Å²) < 4.78 is 4.87. The molecule has 0 saturated carbocycles. The summed E-state index contributed by atoms with van der Waals surface area (Å²) in [7, 11) is 0. The molecule has 0 bridgehead atoms. The number of hydrogen-bond donors (Lipinski definition) is 0. The summed E-state index contributed by atoms with van der Waals surface area (Å²) in [5.41, 5.74) is 0. The highest BCUT2D eigenvalue weighted by Crippen LogP contribution is 2.11. The number of carbonyl (C=O) groups excluding carboxylic acids is 1. The third-order valence-electron chi connectivity index (χ3n) is 2.93. The highest BCUT2D eigenvalue weighted by atomic mass is 32.2. The van der Waals surface area contributed by atoms with Crippen molar-refractivity contribution in [2.75, 3.05) is 18.1 Å². The van der Waals surface area contributed by atoms with E-state index in [1.165, 1.54) is 70.5 Å². The first-order valence-electron chi connectivity index (χ1n) is 7.48. The van der Waals surface area contributed by atoms with Crippen molar-refractivity contribution in [2.45, 2.75) is 71.6 Å². The monoisotopic (exact) mass is 274 g/mol. The Morgan fingerprint density at radius 1 is 0.889 bits per heavy atom. The molecule has 18 heavy (non-hydrogen) atoms. The Hall–Kier alpha value is -0.180. The van der Waals surface area contributed by atoms with Gasteiger partial charge in [0, 0.05) is 12.7 Å². The zero-order chi connectivity index (χ0) is 13.5. The van der Waals surface area contributed by atoms with E-state index in [4.69, 9.17) is 4.74 Å². The molecule has 0 amide bonds. The average molecular weight is 274 g/mol. The molecule has 0 aliphatic carbocycles. The number of esters is 1. The molecule has 0 heterocycles. The van der Waals surface area contributed by atoms with Crippen LogP contribution in [0.15, 0.2) is 0 Å². The van der Waals surface area contributed by atoms with Crippen molar-refractivity contribution in [2.24, 2.45) is 0 Å². The van der Waals surface area contributed by atoms with Gasteiger partial charge in [-0.2, -0.15) is 11.8 Å². The summed E-state index contributed by atoms with van der Waals surface area (Å²) in [4.78, 5) is 10.5. The van der Waals surface area contributed by atoms with Crippen molar-refractivity contribution < 1.29 is 9.53 Å². The lowest BCUT2D eigenvalue weighted by molar-refractivity contribution is -0.140. The van der Waals surface area contributed by atoms with Crippen molar-refractivity contribution in [3.63, 3.8) is 0 Å². The summed E-state index contributed by atoms with van der Waals surface area (Å²) in [6.45, 7) is 4.29. The first kappa shape index (κ1) is 17.8. The van der Waals surface area contributed by atoms with Crippen LogP contribution in [0.25, 0.3) is 0 Å². The Balaban J connectivity index is 2.92. The molecule has 0 aliphatic heterocycles. The molecule has 0 spiro atoms. The van der Waals surface area contributed by atoms with Gasteiger partial charge in [0.15, 0.2) is 0 Å². The van der Waals surface area contributed by atoms with Gasteiger partial charge in [-0.15, -0.1) is 0 Å². The van der Waals surface area contributed by atoms with Crippen molar-refractivity contribution in [1.29, 1.82) is 0 Å². The van der Waals surface area contributed by atoms with Gasteiger partial charge in [-0.1, -0.05) is 58.3 Å². The molecule has 0 rings (SSSR count). The van der Waals surface area contributed by atoms with Crippen LogP contribution in [-0.4, -0.2) is 24.1 Å². The molecular formula is C15H30O2S. The minimum absolute atomic E-state index is 0.168. The molecule has 2 nitrogen and oxygen atoms in total. The van der Waals surface area contributed by atoms with Gasteiger partial charge in [-0.25, -0.2) is 0 Å². The van der Waals surface area contributed by atoms with Crippen LogP contribution in [0.4, 0.5) is 0 Å². The Bertz CT molecular complexity index is 183. The maximum Gasteiger partial charge on any atom is 0.302 e. The average Bonchev–Trinajstić information content (AvgIpc) is 2.34. The third-order valence-corrected chi connectivity index (χ3v) is 3.96. The van der Waals surface area contributed by atoms with Crippen molar-refractivity contribution in [1.82, 2.24) is 0 Å². The number of carbonyl (C=O) groups is 1. The maximum atomic E-state index is 10.5. The molecule has 3 heteroatoms. The Morgan fingerprint density at radius 3 is 2.00 bits per heavy atom. The van der Waals surface area contributed by atoms with Gasteiger partial charge in [0.1, 0.15) is 6.61 Å². The fourth-order valence-electron chi connectivity index (χ4n) is 1.86. The standard InChI is InChI=1S/C15H30O2S/c1-3-4-5-6-7-8-9-10-11-13-18-14-12-17-15(2)16/h3-14H2,1-2H3. The van der Waals surface area contributed by atoms with Crippen LogP contribution in [0.2, 0.25) is 0 Å². The number of rotatable bonds is 13. The Kier molecular flexibility index (Phi) is 14.7. The van der Waals surface area contributed by atoms with E-state index in [2.05, 4.69) is 6.92 Å². The number of thioether (sulfide) groups is 1. The van der Waals surface area contributed by atoms with Crippen LogP contribution < -0.4 is 0 Å². The van der Waals surface area contributed by atoms with Gasteiger partial charge >= 0.3 is 5.97 Å².